The number of nitrogens with zero attached hydrogens (tertiary/aromatic N) is 3. The van der Waals surface area contributed by atoms with Crippen molar-refractivity contribution in [1.82, 2.24) is 9.80 Å². The Morgan fingerprint density at radius 1 is 0.750 bits per heavy atom. The first-order chi connectivity index (χ1) is 19.4. The summed E-state index contributed by atoms with van der Waals surface area (Å²) in [4.78, 5) is 45.1. The number of carbonyl (C=O) groups excluding carboxylic acids is 3. The molecule has 0 aromatic heterocycles. The van der Waals surface area contributed by atoms with Crippen LogP contribution in [0.15, 0.2) is 66.7 Å². The minimum absolute atomic E-state index is 0.0638. The maximum atomic E-state index is 14.2. The number of likely N-dealkylation sites (tertiary alicyclic amines) is 1. The second-order valence-electron chi connectivity index (χ2n) is 10.0. The minimum atomic E-state index is -0.531. The van der Waals surface area contributed by atoms with Crippen LogP contribution in [0.4, 0.5) is 15.8 Å². The van der Waals surface area contributed by atoms with Crippen LogP contribution < -0.4 is 15.0 Å². The molecule has 0 spiro atoms. The van der Waals surface area contributed by atoms with E-state index in [0.29, 0.717) is 61.8 Å². The number of benzene rings is 3. The van der Waals surface area contributed by atoms with Gasteiger partial charge in [0.25, 0.3) is 17.7 Å². The van der Waals surface area contributed by atoms with E-state index in [4.69, 9.17) is 4.74 Å². The van der Waals surface area contributed by atoms with Crippen molar-refractivity contribution in [2.75, 3.05) is 56.6 Å². The van der Waals surface area contributed by atoms with Gasteiger partial charge in [-0.1, -0.05) is 12.1 Å². The fourth-order valence-corrected chi connectivity index (χ4v) is 5.23. The minimum Gasteiger partial charge on any atom is -0.497 e. The number of ether oxygens (including phenoxy) is 1. The van der Waals surface area contributed by atoms with E-state index in [1.807, 2.05) is 11.0 Å². The lowest BCUT2D eigenvalue weighted by Crippen LogP contribution is -2.49. The van der Waals surface area contributed by atoms with Crippen LogP contribution in [0.2, 0.25) is 0 Å². The second kappa shape index (κ2) is 12.2. The lowest BCUT2D eigenvalue weighted by molar-refractivity contribution is 0.0717. The quantitative estimate of drug-likeness (QED) is 0.488. The highest BCUT2D eigenvalue weighted by Gasteiger charge is 2.28. The van der Waals surface area contributed by atoms with Gasteiger partial charge in [0, 0.05) is 56.2 Å². The summed E-state index contributed by atoms with van der Waals surface area (Å²) in [5, 5.41) is 2.91. The third kappa shape index (κ3) is 5.93. The Morgan fingerprint density at radius 3 is 2.08 bits per heavy atom. The zero-order valence-corrected chi connectivity index (χ0v) is 22.6. The molecular formula is C31H33FN4O4. The van der Waals surface area contributed by atoms with Crippen molar-refractivity contribution in [1.29, 1.82) is 0 Å². The molecule has 2 heterocycles. The van der Waals surface area contributed by atoms with Crippen LogP contribution in [0.1, 0.15) is 50.3 Å². The highest BCUT2D eigenvalue weighted by atomic mass is 19.1. The predicted octanol–water partition coefficient (Wildman–Crippen LogP) is 4.68. The largest absolute Gasteiger partial charge is 0.497 e. The molecule has 0 unspecified atom stereocenters. The van der Waals surface area contributed by atoms with E-state index in [1.54, 1.807) is 60.5 Å². The Morgan fingerprint density at radius 2 is 1.40 bits per heavy atom. The molecule has 1 N–H and O–H groups in total. The number of nitrogens with one attached hydrogen (secondary N) is 1. The highest BCUT2D eigenvalue weighted by Crippen LogP contribution is 2.29. The Hall–Kier alpha value is -4.40. The summed E-state index contributed by atoms with van der Waals surface area (Å²) in [6.07, 6.45) is 3.03. The average molecular weight is 545 g/mol. The molecule has 9 heteroatoms. The molecule has 40 heavy (non-hydrogen) atoms. The van der Waals surface area contributed by atoms with Crippen molar-refractivity contribution >= 4 is 29.1 Å². The van der Waals surface area contributed by atoms with E-state index in [2.05, 4.69) is 10.2 Å². The lowest BCUT2D eigenvalue weighted by atomic mass is 10.0. The molecule has 2 saturated heterocycles. The summed E-state index contributed by atoms with van der Waals surface area (Å²) in [6.45, 7) is 3.20. The Labute approximate surface area is 233 Å². The van der Waals surface area contributed by atoms with Crippen molar-refractivity contribution in [2.24, 2.45) is 0 Å². The third-order valence-electron chi connectivity index (χ3n) is 7.49. The molecule has 0 aliphatic carbocycles. The lowest BCUT2D eigenvalue weighted by Gasteiger charge is -2.37. The normalized spacial score (nSPS) is 15.5. The summed E-state index contributed by atoms with van der Waals surface area (Å²) in [5.74, 6) is -0.561. The number of hydrogen-bond donors (Lipinski definition) is 1. The second-order valence-corrected chi connectivity index (χ2v) is 10.0. The van der Waals surface area contributed by atoms with Crippen LogP contribution in [0.25, 0.3) is 0 Å². The van der Waals surface area contributed by atoms with E-state index in [1.165, 1.54) is 12.1 Å². The van der Waals surface area contributed by atoms with Gasteiger partial charge >= 0.3 is 0 Å². The molecule has 3 aromatic rings. The van der Waals surface area contributed by atoms with Gasteiger partial charge in [-0.25, -0.2) is 4.39 Å². The Kier molecular flexibility index (Phi) is 8.28. The number of rotatable bonds is 6. The fourth-order valence-electron chi connectivity index (χ4n) is 5.23. The summed E-state index contributed by atoms with van der Waals surface area (Å²) >= 11 is 0. The fraction of sp³-hybridized carbons (Fsp3) is 0.323. The molecule has 0 radical (unpaired) electrons. The number of anilines is 2. The van der Waals surface area contributed by atoms with Crippen LogP contribution in [-0.2, 0) is 0 Å². The SMILES string of the molecule is COc1ccc(C(=O)Nc2ccc(N3CCN(C(=O)c4ccccc4F)CC3)c(C(=O)N3CCCCC3)c2)cc1. The third-order valence-corrected chi connectivity index (χ3v) is 7.49. The maximum absolute atomic E-state index is 14.2. The molecule has 5 rings (SSSR count). The molecule has 0 atom stereocenters. The topological polar surface area (TPSA) is 82.2 Å². The zero-order chi connectivity index (χ0) is 28.1. The van der Waals surface area contributed by atoms with Crippen molar-refractivity contribution in [3.05, 3.63) is 89.2 Å². The monoisotopic (exact) mass is 544 g/mol. The number of piperazine rings is 1. The first-order valence-corrected chi connectivity index (χ1v) is 13.6. The molecule has 0 bridgehead atoms. The van der Waals surface area contributed by atoms with Crippen LogP contribution in [-0.4, -0.2) is 73.9 Å². The number of piperidine rings is 1. The standard InChI is InChI=1S/C31H33FN4O4/c1-40-24-12-9-22(10-13-24)29(37)33-23-11-14-28(26(21-23)31(39)35-15-5-2-6-16-35)34-17-19-36(20-18-34)30(38)25-7-3-4-8-27(25)32/h3-4,7-14,21H,2,5-6,15-20H2,1H3,(H,33,37). The zero-order valence-electron chi connectivity index (χ0n) is 22.6. The molecule has 208 valence electrons. The first kappa shape index (κ1) is 27.2. The molecule has 2 fully saturated rings. The van der Waals surface area contributed by atoms with E-state index < -0.39 is 5.82 Å². The van der Waals surface area contributed by atoms with Crippen molar-refractivity contribution < 1.29 is 23.5 Å². The van der Waals surface area contributed by atoms with Crippen LogP contribution in [0.3, 0.4) is 0 Å². The van der Waals surface area contributed by atoms with Crippen LogP contribution in [0, 0.1) is 5.82 Å². The van der Waals surface area contributed by atoms with Gasteiger partial charge in [-0.3, -0.25) is 14.4 Å². The first-order valence-electron chi connectivity index (χ1n) is 13.6. The van der Waals surface area contributed by atoms with Gasteiger partial charge in [-0.15, -0.1) is 0 Å². The molecular weight excluding hydrogens is 511 g/mol. The van der Waals surface area contributed by atoms with Gasteiger partial charge in [0.1, 0.15) is 11.6 Å². The molecule has 2 aliphatic heterocycles. The number of halogens is 1. The van der Waals surface area contributed by atoms with E-state index in [0.717, 1.165) is 24.9 Å². The van der Waals surface area contributed by atoms with Crippen molar-refractivity contribution in [2.45, 2.75) is 19.3 Å². The summed E-state index contributed by atoms with van der Waals surface area (Å²) in [7, 11) is 1.57. The highest BCUT2D eigenvalue weighted by molar-refractivity contribution is 6.06. The van der Waals surface area contributed by atoms with Crippen molar-refractivity contribution in [3.8, 4) is 5.75 Å². The van der Waals surface area contributed by atoms with E-state index >= 15 is 0 Å². The number of amides is 3. The molecule has 3 amide bonds. The van der Waals surface area contributed by atoms with Gasteiger partial charge in [0.15, 0.2) is 0 Å². The molecule has 2 aliphatic rings. The Bertz CT molecular complexity index is 1380. The molecule has 3 aromatic carbocycles. The van der Waals surface area contributed by atoms with Gasteiger partial charge in [0.2, 0.25) is 0 Å². The van der Waals surface area contributed by atoms with E-state index in [9.17, 15) is 18.8 Å². The van der Waals surface area contributed by atoms with Crippen molar-refractivity contribution in [3.63, 3.8) is 0 Å². The average Bonchev–Trinajstić information content (AvgIpc) is 3.01. The smallest absolute Gasteiger partial charge is 0.256 e. The van der Waals surface area contributed by atoms with Crippen LogP contribution in [0.5, 0.6) is 5.75 Å². The maximum Gasteiger partial charge on any atom is 0.256 e. The van der Waals surface area contributed by atoms with Gasteiger partial charge in [0.05, 0.1) is 18.2 Å². The summed E-state index contributed by atoms with van der Waals surface area (Å²) < 4.78 is 19.4. The molecule has 0 saturated carbocycles. The number of hydrogen-bond acceptors (Lipinski definition) is 5. The number of methoxy groups -OCH3 is 1. The van der Waals surface area contributed by atoms with Gasteiger partial charge in [-0.2, -0.15) is 0 Å². The number of carbonyl (C=O) groups is 3. The Balaban J connectivity index is 1.35. The van der Waals surface area contributed by atoms with Gasteiger partial charge in [-0.05, 0) is 73.9 Å². The summed E-state index contributed by atoms with van der Waals surface area (Å²) in [6, 6.07) is 18.2. The van der Waals surface area contributed by atoms with E-state index in [-0.39, 0.29) is 23.3 Å². The van der Waals surface area contributed by atoms with Crippen LogP contribution >= 0.6 is 0 Å². The van der Waals surface area contributed by atoms with Gasteiger partial charge < -0.3 is 24.8 Å². The predicted molar refractivity (Wildman–Crippen MR) is 152 cm³/mol. The summed E-state index contributed by atoms with van der Waals surface area (Å²) in [5.41, 5.74) is 2.34. The molecule has 8 nitrogen and oxygen atoms in total.